The number of guanidine groups is 1. The number of hydrogen-bond acceptors (Lipinski definition) is 0. The van der Waals surface area contributed by atoms with Gasteiger partial charge >= 0.3 is 5.96 Å². The first-order valence-electron chi connectivity index (χ1n) is 5.20. The van der Waals surface area contributed by atoms with E-state index in [9.17, 15) is 0 Å². The lowest BCUT2D eigenvalue weighted by Crippen LogP contribution is -3.00. The summed E-state index contributed by atoms with van der Waals surface area (Å²) in [4.78, 5) is 3.18. The van der Waals surface area contributed by atoms with Crippen molar-refractivity contribution in [3.8, 4) is 0 Å². The van der Waals surface area contributed by atoms with E-state index in [1.165, 1.54) is 0 Å². The van der Waals surface area contributed by atoms with E-state index in [2.05, 4.69) is 51.9 Å². The number of halogens is 1. The van der Waals surface area contributed by atoms with Crippen LogP contribution in [-0.2, 0) is 0 Å². The Morgan fingerprint density at radius 3 is 1.87 bits per heavy atom. The molecule has 0 aromatic rings. The van der Waals surface area contributed by atoms with Crippen molar-refractivity contribution < 1.29 is 17.4 Å². The fraction of sp³-hybridized carbons (Fsp3) is 0.909. The van der Waals surface area contributed by atoms with Crippen LogP contribution in [0.5, 0.6) is 0 Å². The Hall–Kier alpha value is -0.440. The maximum absolute atomic E-state index is 5.78. The molecule has 0 aliphatic carbocycles. The fourth-order valence-corrected chi connectivity index (χ4v) is 0.783. The topological polar surface area (TPSA) is 52.0 Å². The predicted octanol–water partition coefficient (Wildman–Crippen LogP) is -2.93. The maximum atomic E-state index is 5.78. The molecule has 4 N–H and O–H groups in total. The van der Waals surface area contributed by atoms with Crippen LogP contribution in [0.2, 0.25) is 0 Å². The lowest BCUT2D eigenvalue weighted by molar-refractivity contribution is -0.476. The fourth-order valence-electron chi connectivity index (χ4n) is 0.783. The molecule has 0 unspecified atom stereocenters. The van der Waals surface area contributed by atoms with Crippen molar-refractivity contribution >= 4 is 5.96 Å². The first-order chi connectivity index (χ1) is 6.10. The molecule has 0 saturated heterocycles. The van der Waals surface area contributed by atoms with Gasteiger partial charge in [0.15, 0.2) is 0 Å². The van der Waals surface area contributed by atoms with Gasteiger partial charge < -0.3 is 12.4 Å². The minimum Gasteiger partial charge on any atom is -1.00 e. The molecule has 0 fully saturated rings. The summed E-state index contributed by atoms with van der Waals surface area (Å²) in [5.74, 6) is 0.676. The van der Waals surface area contributed by atoms with Crippen molar-refractivity contribution in [3.05, 3.63) is 0 Å². The Kier molecular flexibility index (Phi) is 7.03. The first kappa shape index (κ1) is 17.0. The predicted molar refractivity (Wildman–Crippen MR) is 61.9 cm³/mol. The molecule has 15 heavy (non-hydrogen) atoms. The Morgan fingerprint density at radius 1 is 1.07 bits per heavy atom. The second-order valence-corrected chi connectivity index (χ2v) is 6.24. The molecule has 3 nitrogen and oxygen atoms in total. The molecule has 0 bridgehead atoms. The molecule has 0 aromatic heterocycles. The van der Waals surface area contributed by atoms with Gasteiger partial charge in [-0.05, 0) is 10.8 Å². The highest BCUT2D eigenvalue weighted by molar-refractivity contribution is 5.71. The smallest absolute Gasteiger partial charge is 0.341 e. The summed E-state index contributed by atoms with van der Waals surface area (Å²) in [6, 6.07) is 0. The zero-order valence-electron chi connectivity index (χ0n) is 10.9. The molecule has 0 radical (unpaired) electrons. The number of hydrogen-bond donors (Lipinski definition) is 3. The molecule has 0 atom stereocenters. The Bertz CT molecular complexity index is 199. The zero-order chi connectivity index (χ0) is 11.4. The van der Waals surface area contributed by atoms with Gasteiger partial charge in [-0.2, -0.15) is 0 Å². The van der Waals surface area contributed by atoms with E-state index in [1.54, 1.807) is 0 Å². The zero-order valence-corrected chi connectivity index (χ0v) is 11.6. The van der Waals surface area contributed by atoms with Gasteiger partial charge in [0.25, 0.3) is 0 Å². The van der Waals surface area contributed by atoms with E-state index in [1.807, 2.05) is 0 Å². The summed E-state index contributed by atoms with van der Waals surface area (Å²) in [6.07, 6.45) is 0. The third-order valence-corrected chi connectivity index (χ3v) is 1.62. The van der Waals surface area contributed by atoms with Crippen LogP contribution < -0.4 is 28.4 Å². The molecule has 0 amide bonds. The van der Waals surface area contributed by atoms with Gasteiger partial charge in [0, 0.05) is 0 Å². The molecule has 0 aliphatic heterocycles. The summed E-state index contributed by atoms with van der Waals surface area (Å²) in [6.45, 7) is 14.8. The summed E-state index contributed by atoms with van der Waals surface area (Å²) in [5.41, 5.74) is 6.30. The van der Waals surface area contributed by atoms with Crippen LogP contribution in [0.1, 0.15) is 41.5 Å². The SMILES string of the molecule is CC(C)(C)CNC(N)=[NH+]CC(C)(C)C.[Cl-]. The highest BCUT2D eigenvalue weighted by Gasteiger charge is 2.14. The first-order valence-corrected chi connectivity index (χ1v) is 5.20. The van der Waals surface area contributed by atoms with Crippen LogP contribution in [0.4, 0.5) is 0 Å². The van der Waals surface area contributed by atoms with Crippen LogP contribution in [0, 0.1) is 10.8 Å². The van der Waals surface area contributed by atoms with Gasteiger partial charge in [0.2, 0.25) is 0 Å². The summed E-state index contributed by atoms with van der Waals surface area (Å²) >= 11 is 0. The molecular formula is C11H26ClN3. The van der Waals surface area contributed by atoms with Crippen LogP contribution in [-0.4, -0.2) is 19.0 Å². The molecule has 0 aromatic carbocycles. The van der Waals surface area contributed by atoms with Crippen molar-refractivity contribution in [2.24, 2.45) is 16.6 Å². The summed E-state index contributed by atoms with van der Waals surface area (Å²) < 4.78 is 0. The average molecular weight is 236 g/mol. The molecule has 0 aliphatic rings. The Morgan fingerprint density at radius 2 is 1.53 bits per heavy atom. The average Bonchev–Trinajstić information content (AvgIpc) is 1.94. The lowest BCUT2D eigenvalue weighted by Gasteiger charge is -2.17. The third-order valence-electron chi connectivity index (χ3n) is 1.62. The monoisotopic (exact) mass is 235 g/mol. The van der Waals surface area contributed by atoms with E-state index >= 15 is 0 Å². The molecule has 0 rings (SSSR count). The van der Waals surface area contributed by atoms with Gasteiger partial charge in [-0.15, -0.1) is 0 Å². The van der Waals surface area contributed by atoms with Gasteiger partial charge in [-0.3, -0.25) is 16.0 Å². The van der Waals surface area contributed by atoms with E-state index in [0.717, 1.165) is 13.1 Å². The van der Waals surface area contributed by atoms with Crippen molar-refractivity contribution in [2.45, 2.75) is 41.5 Å². The van der Waals surface area contributed by atoms with E-state index in [-0.39, 0.29) is 23.2 Å². The molecule has 0 heterocycles. The number of nitrogens with one attached hydrogen (secondary N) is 2. The minimum atomic E-state index is 0. The molecular weight excluding hydrogens is 210 g/mol. The molecule has 0 saturated carbocycles. The molecule has 92 valence electrons. The van der Waals surface area contributed by atoms with Gasteiger partial charge in [0.05, 0.1) is 13.1 Å². The standard InChI is InChI=1S/C11H25N3.ClH/c1-10(2,3)7-13-9(12)14-8-11(4,5)6;/h7-8H2,1-6H3,(H3,12,13,14);1H. The maximum Gasteiger partial charge on any atom is 0.341 e. The van der Waals surface area contributed by atoms with Gasteiger partial charge in [0.1, 0.15) is 0 Å². The second-order valence-electron chi connectivity index (χ2n) is 6.24. The Labute approximate surface area is 100 Å². The molecule has 0 spiro atoms. The largest absolute Gasteiger partial charge is 1.00 e. The quantitative estimate of drug-likeness (QED) is 0.355. The van der Waals surface area contributed by atoms with Crippen LogP contribution in [0.3, 0.4) is 0 Å². The van der Waals surface area contributed by atoms with E-state index in [0.29, 0.717) is 5.96 Å². The number of nitrogens with two attached hydrogens (primary N) is 1. The summed E-state index contributed by atoms with van der Waals surface area (Å²) in [7, 11) is 0. The third kappa shape index (κ3) is 13.6. The van der Waals surface area contributed by atoms with E-state index < -0.39 is 0 Å². The van der Waals surface area contributed by atoms with Crippen LogP contribution >= 0.6 is 0 Å². The van der Waals surface area contributed by atoms with Crippen molar-refractivity contribution in [2.75, 3.05) is 13.1 Å². The van der Waals surface area contributed by atoms with E-state index in [4.69, 9.17) is 5.73 Å². The highest BCUT2D eigenvalue weighted by Crippen LogP contribution is 2.09. The number of rotatable bonds is 2. The van der Waals surface area contributed by atoms with Crippen molar-refractivity contribution in [1.29, 1.82) is 0 Å². The minimum absolute atomic E-state index is 0. The summed E-state index contributed by atoms with van der Waals surface area (Å²) in [5, 5.41) is 3.18. The Balaban J connectivity index is 0. The molecule has 4 heteroatoms. The van der Waals surface area contributed by atoms with Gasteiger partial charge in [-0.1, -0.05) is 41.5 Å². The van der Waals surface area contributed by atoms with Crippen LogP contribution in [0.25, 0.3) is 0 Å². The highest BCUT2D eigenvalue weighted by atomic mass is 35.5. The van der Waals surface area contributed by atoms with Crippen molar-refractivity contribution in [1.82, 2.24) is 5.32 Å². The lowest BCUT2D eigenvalue weighted by atomic mass is 9.97. The van der Waals surface area contributed by atoms with Crippen molar-refractivity contribution in [3.63, 3.8) is 0 Å². The normalized spacial score (nSPS) is 13.3. The second kappa shape index (κ2) is 6.21. The van der Waals surface area contributed by atoms with Gasteiger partial charge in [-0.25, -0.2) is 0 Å². The van der Waals surface area contributed by atoms with Crippen LogP contribution in [0.15, 0.2) is 0 Å².